The van der Waals surface area contributed by atoms with Gasteiger partial charge in [0, 0.05) is 30.0 Å². The Bertz CT molecular complexity index is 1040. The lowest BCUT2D eigenvalue weighted by atomic mass is 9.73. The van der Waals surface area contributed by atoms with E-state index in [-0.39, 0.29) is 35.8 Å². The van der Waals surface area contributed by atoms with E-state index in [1.54, 1.807) is 24.3 Å². The smallest absolute Gasteiger partial charge is 0.225 e. The monoisotopic (exact) mass is 481 g/mol. The molecule has 1 N–H and O–H groups in total. The Morgan fingerprint density at radius 1 is 0.964 bits per heavy atom. The Morgan fingerprint density at radius 2 is 1.71 bits per heavy atom. The van der Waals surface area contributed by atoms with E-state index >= 15 is 0 Å². The van der Waals surface area contributed by atoms with Crippen LogP contribution < -0.4 is 5.32 Å². The van der Waals surface area contributed by atoms with Crippen LogP contribution in [0.25, 0.3) is 0 Å². The Labute approximate surface area is 180 Å². The summed E-state index contributed by atoms with van der Waals surface area (Å²) in [7, 11) is 0. The van der Waals surface area contributed by atoms with Gasteiger partial charge in [-0.15, -0.1) is 0 Å². The van der Waals surface area contributed by atoms with Crippen LogP contribution in [0, 0.1) is 5.82 Å². The molecule has 144 valence electrons. The topological polar surface area (TPSA) is 46.2 Å². The number of allylic oxidation sites excluding steroid dienone is 2. The fourth-order valence-electron chi connectivity index (χ4n) is 3.98. The Balaban J connectivity index is 1.72. The molecule has 0 aromatic heterocycles. The Morgan fingerprint density at radius 3 is 2.43 bits per heavy atom. The summed E-state index contributed by atoms with van der Waals surface area (Å²) in [5, 5.41) is 3.77. The second-order valence-electron chi connectivity index (χ2n) is 7.07. The van der Waals surface area contributed by atoms with Crippen molar-refractivity contribution in [1.82, 2.24) is 5.32 Å². The molecule has 0 bridgehead atoms. The molecule has 4 rings (SSSR count). The third-order valence-electron chi connectivity index (χ3n) is 5.30. The summed E-state index contributed by atoms with van der Waals surface area (Å²) >= 11 is 15.3. The number of ketones is 1. The normalized spacial score (nSPS) is 22.1. The molecule has 28 heavy (non-hydrogen) atoms. The number of amides is 1. The maximum atomic E-state index is 13.6. The fourth-order valence-corrected chi connectivity index (χ4v) is 4.68. The van der Waals surface area contributed by atoms with Crippen LogP contribution in [0.1, 0.15) is 42.2 Å². The lowest BCUT2D eigenvalue weighted by molar-refractivity contribution is -0.122. The van der Waals surface area contributed by atoms with Crippen molar-refractivity contribution in [2.24, 2.45) is 0 Å². The van der Waals surface area contributed by atoms with Crippen molar-refractivity contribution in [1.29, 1.82) is 0 Å². The first-order valence-corrected chi connectivity index (χ1v) is 10.3. The molecular weight excluding hydrogens is 468 g/mol. The molecule has 1 aliphatic heterocycles. The summed E-state index contributed by atoms with van der Waals surface area (Å²) in [5.41, 5.74) is 2.93. The number of Topliss-reactive ketones (excluding diaryl/α,β-unsaturated/α-hetero) is 1. The fraction of sp³-hybridized carbons (Fsp3) is 0.238. The van der Waals surface area contributed by atoms with Crippen molar-refractivity contribution in [3.8, 4) is 0 Å². The number of carbonyl (C=O) groups excluding carboxylic acids is 2. The summed E-state index contributed by atoms with van der Waals surface area (Å²) in [6.07, 6.45) is 1.02. The number of hydrogen-bond acceptors (Lipinski definition) is 2. The van der Waals surface area contributed by atoms with Gasteiger partial charge in [-0.25, -0.2) is 4.39 Å². The molecule has 2 aliphatic rings. The van der Waals surface area contributed by atoms with Crippen molar-refractivity contribution >= 4 is 50.8 Å². The molecule has 1 aliphatic carbocycles. The van der Waals surface area contributed by atoms with Gasteiger partial charge in [0.05, 0.1) is 14.5 Å². The average molecular weight is 483 g/mol. The molecule has 0 fully saturated rings. The van der Waals surface area contributed by atoms with E-state index in [4.69, 9.17) is 23.2 Å². The largest absolute Gasteiger partial charge is 0.329 e. The zero-order valence-electron chi connectivity index (χ0n) is 14.6. The predicted molar refractivity (Wildman–Crippen MR) is 110 cm³/mol. The first-order chi connectivity index (χ1) is 13.3. The third kappa shape index (κ3) is 3.63. The van der Waals surface area contributed by atoms with Crippen LogP contribution >= 0.6 is 39.1 Å². The molecular formula is C21H15BrCl2FNO2. The second kappa shape index (κ2) is 7.62. The van der Waals surface area contributed by atoms with E-state index in [9.17, 15) is 14.0 Å². The highest BCUT2D eigenvalue weighted by molar-refractivity contribution is 9.10. The quantitative estimate of drug-likeness (QED) is 0.579. The van der Waals surface area contributed by atoms with E-state index in [0.29, 0.717) is 38.6 Å². The van der Waals surface area contributed by atoms with Gasteiger partial charge in [-0.1, -0.05) is 35.3 Å². The second-order valence-corrected chi connectivity index (χ2v) is 8.74. The SMILES string of the molecule is O=C1CC(c2ccc(F)c(Br)c2)C2=C(CC(c3ccc(Cl)c(Cl)c3)CC2=O)N1. The lowest BCUT2D eigenvalue weighted by Crippen LogP contribution is -2.38. The van der Waals surface area contributed by atoms with Gasteiger partial charge in [-0.3, -0.25) is 9.59 Å². The van der Waals surface area contributed by atoms with Gasteiger partial charge in [0.15, 0.2) is 5.78 Å². The number of benzene rings is 2. The zero-order chi connectivity index (χ0) is 20.0. The van der Waals surface area contributed by atoms with Crippen molar-refractivity contribution in [2.45, 2.75) is 31.1 Å². The van der Waals surface area contributed by atoms with Gasteiger partial charge in [0.1, 0.15) is 5.82 Å². The van der Waals surface area contributed by atoms with Gasteiger partial charge < -0.3 is 5.32 Å². The molecule has 2 aromatic rings. The van der Waals surface area contributed by atoms with Crippen molar-refractivity contribution in [3.63, 3.8) is 0 Å². The molecule has 0 spiro atoms. The van der Waals surface area contributed by atoms with Gasteiger partial charge >= 0.3 is 0 Å². The summed E-state index contributed by atoms with van der Waals surface area (Å²) in [6, 6.07) is 9.96. The summed E-state index contributed by atoms with van der Waals surface area (Å²) in [5.74, 6) is -0.995. The number of halogens is 4. The maximum absolute atomic E-state index is 13.6. The minimum Gasteiger partial charge on any atom is -0.329 e. The summed E-state index contributed by atoms with van der Waals surface area (Å²) < 4.78 is 13.9. The van der Waals surface area contributed by atoms with Crippen LogP contribution in [-0.2, 0) is 9.59 Å². The van der Waals surface area contributed by atoms with Crippen molar-refractivity contribution in [3.05, 3.63) is 79.1 Å². The molecule has 2 unspecified atom stereocenters. The number of rotatable bonds is 2. The van der Waals surface area contributed by atoms with Gasteiger partial charge in [-0.2, -0.15) is 0 Å². The van der Waals surface area contributed by atoms with Crippen molar-refractivity contribution in [2.75, 3.05) is 0 Å². The van der Waals surface area contributed by atoms with Crippen LogP contribution in [0.2, 0.25) is 10.0 Å². The first kappa shape index (κ1) is 19.6. The van der Waals surface area contributed by atoms with E-state index in [0.717, 1.165) is 11.1 Å². The molecule has 2 aromatic carbocycles. The summed E-state index contributed by atoms with van der Waals surface area (Å²) in [4.78, 5) is 25.4. The molecule has 2 atom stereocenters. The first-order valence-electron chi connectivity index (χ1n) is 8.79. The van der Waals surface area contributed by atoms with E-state index < -0.39 is 0 Å². The van der Waals surface area contributed by atoms with E-state index in [1.165, 1.54) is 6.07 Å². The van der Waals surface area contributed by atoms with Gasteiger partial charge in [0.25, 0.3) is 0 Å². The lowest BCUT2D eigenvalue weighted by Gasteiger charge is -2.34. The molecule has 1 heterocycles. The number of carbonyl (C=O) groups is 2. The Kier molecular flexibility index (Phi) is 5.34. The standard InChI is InChI=1S/C21H15BrCl2FNO2/c22-14-5-11(2-4-17(14)25)13-9-20(28)26-18-7-12(8-19(27)21(13)18)10-1-3-15(23)16(24)6-10/h1-6,12-13H,7-9H2,(H,26,28). The average Bonchev–Trinajstić information content (AvgIpc) is 2.65. The highest BCUT2D eigenvalue weighted by atomic mass is 79.9. The molecule has 0 radical (unpaired) electrons. The highest BCUT2D eigenvalue weighted by Gasteiger charge is 2.38. The molecule has 7 heteroatoms. The molecule has 0 saturated carbocycles. The highest BCUT2D eigenvalue weighted by Crippen LogP contribution is 2.43. The van der Waals surface area contributed by atoms with Gasteiger partial charge in [-0.05, 0) is 63.7 Å². The molecule has 0 saturated heterocycles. The van der Waals surface area contributed by atoms with Crippen LogP contribution in [0.3, 0.4) is 0 Å². The predicted octanol–water partition coefficient (Wildman–Crippen LogP) is 5.90. The minimum absolute atomic E-state index is 0.0113. The number of nitrogens with one attached hydrogen (secondary N) is 1. The third-order valence-corrected chi connectivity index (χ3v) is 6.64. The Hall–Kier alpha value is -1.69. The minimum atomic E-state index is -0.382. The zero-order valence-corrected chi connectivity index (χ0v) is 17.7. The summed E-state index contributed by atoms with van der Waals surface area (Å²) in [6.45, 7) is 0. The van der Waals surface area contributed by atoms with Crippen LogP contribution in [0.5, 0.6) is 0 Å². The van der Waals surface area contributed by atoms with E-state index in [2.05, 4.69) is 21.2 Å². The molecule has 3 nitrogen and oxygen atoms in total. The van der Waals surface area contributed by atoms with Crippen LogP contribution in [0.4, 0.5) is 4.39 Å². The van der Waals surface area contributed by atoms with Crippen LogP contribution in [0.15, 0.2) is 52.1 Å². The van der Waals surface area contributed by atoms with Crippen molar-refractivity contribution < 1.29 is 14.0 Å². The molecule has 1 amide bonds. The van der Waals surface area contributed by atoms with Gasteiger partial charge in [0.2, 0.25) is 5.91 Å². The van der Waals surface area contributed by atoms with Crippen LogP contribution in [-0.4, -0.2) is 11.7 Å². The number of hydrogen-bond donors (Lipinski definition) is 1. The maximum Gasteiger partial charge on any atom is 0.225 e. The van der Waals surface area contributed by atoms with E-state index in [1.807, 2.05) is 6.07 Å².